The normalized spacial score (nSPS) is 17.9. The van der Waals surface area contributed by atoms with Gasteiger partial charge in [-0.25, -0.2) is 9.59 Å². The second-order valence-corrected chi connectivity index (χ2v) is 11.1. The molecule has 2 aliphatic rings. The van der Waals surface area contributed by atoms with E-state index < -0.39 is 12.1 Å². The number of rotatable bonds is 7. The first-order chi connectivity index (χ1) is 15.2. The Labute approximate surface area is 195 Å². The second kappa shape index (κ2) is 10.8. The first-order valence-corrected chi connectivity index (χ1v) is 12.6. The van der Waals surface area contributed by atoms with Gasteiger partial charge in [0, 0.05) is 11.3 Å². The summed E-state index contributed by atoms with van der Waals surface area (Å²) in [6.45, 7) is 9.86. The van der Waals surface area contributed by atoms with Crippen LogP contribution in [-0.4, -0.2) is 43.5 Å². The highest BCUT2D eigenvalue weighted by Crippen LogP contribution is 2.38. The maximum Gasteiger partial charge on any atom is 0.341 e. The lowest BCUT2D eigenvalue weighted by Crippen LogP contribution is -2.50. The van der Waals surface area contributed by atoms with Gasteiger partial charge in [-0.1, -0.05) is 20.8 Å². The molecule has 178 valence electrons. The van der Waals surface area contributed by atoms with Gasteiger partial charge in [-0.3, -0.25) is 10.1 Å². The van der Waals surface area contributed by atoms with Gasteiger partial charge < -0.3 is 15.4 Å². The van der Waals surface area contributed by atoms with Crippen LogP contribution >= 0.6 is 11.3 Å². The Bertz CT molecular complexity index is 837. The van der Waals surface area contributed by atoms with Gasteiger partial charge in [0.15, 0.2) is 5.78 Å². The molecule has 1 fully saturated rings. The van der Waals surface area contributed by atoms with Crippen molar-refractivity contribution in [3.05, 3.63) is 16.0 Å². The number of nitrogens with one attached hydrogen (secondary N) is 3. The molecule has 32 heavy (non-hydrogen) atoms. The number of hydrogen-bond donors (Lipinski definition) is 3. The van der Waals surface area contributed by atoms with E-state index in [2.05, 4.69) is 16.0 Å². The summed E-state index contributed by atoms with van der Waals surface area (Å²) in [5.74, 6) is -0.213. The number of ketones is 1. The molecular formula is C24H37N3O4S. The average Bonchev–Trinajstić information content (AvgIpc) is 3.09. The SMILES string of the molecule is CCOC(=O)c1c(NC(=O)NC(C(=O)CC(C)(C)C)C2CCNCC2)sc2c1CCCC2. The van der Waals surface area contributed by atoms with Crippen LogP contribution in [0.2, 0.25) is 0 Å². The Morgan fingerprint density at radius 3 is 2.50 bits per heavy atom. The quantitative estimate of drug-likeness (QED) is 0.524. The lowest BCUT2D eigenvalue weighted by molar-refractivity contribution is -0.124. The average molecular weight is 464 g/mol. The predicted molar refractivity (Wildman–Crippen MR) is 128 cm³/mol. The minimum atomic E-state index is -0.531. The molecule has 1 aromatic heterocycles. The summed E-state index contributed by atoms with van der Waals surface area (Å²) >= 11 is 1.46. The molecule has 3 rings (SSSR count). The van der Waals surface area contributed by atoms with E-state index in [1.807, 2.05) is 20.8 Å². The fourth-order valence-corrected chi connectivity index (χ4v) is 5.90. The van der Waals surface area contributed by atoms with Crippen molar-refractivity contribution in [2.45, 2.75) is 78.7 Å². The van der Waals surface area contributed by atoms with Crippen molar-refractivity contribution in [1.82, 2.24) is 10.6 Å². The highest BCUT2D eigenvalue weighted by atomic mass is 32.1. The molecule has 1 aliphatic carbocycles. The number of Topliss-reactive ketones (excluding diaryl/α,β-unsaturated/α-hetero) is 1. The van der Waals surface area contributed by atoms with Crippen LogP contribution in [0.3, 0.4) is 0 Å². The minimum Gasteiger partial charge on any atom is -0.462 e. The van der Waals surface area contributed by atoms with Gasteiger partial charge in [0.25, 0.3) is 0 Å². The molecule has 1 unspecified atom stereocenters. The molecule has 0 bridgehead atoms. The number of urea groups is 1. The smallest absolute Gasteiger partial charge is 0.341 e. The number of carbonyl (C=O) groups excluding carboxylic acids is 3. The first kappa shape index (κ1) is 24.7. The summed E-state index contributed by atoms with van der Waals surface area (Å²) in [7, 11) is 0. The summed E-state index contributed by atoms with van der Waals surface area (Å²) in [5, 5.41) is 9.71. The Balaban J connectivity index is 1.79. The zero-order valence-electron chi connectivity index (χ0n) is 19.8. The molecule has 1 aliphatic heterocycles. The van der Waals surface area contributed by atoms with E-state index in [0.717, 1.165) is 62.1 Å². The zero-order valence-corrected chi connectivity index (χ0v) is 20.6. The summed E-state index contributed by atoms with van der Waals surface area (Å²) in [6.07, 6.45) is 5.96. The number of ether oxygens (including phenoxy) is 1. The summed E-state index contributed by atoms with van der Waals surface area (Å²) < 4.78 is 5.28. The number of thiophene rings is 1. The fourth-order valence-electron chi connectivity index (χ4n) is 4.63. The number of hydrogen-bond acceptors (Lipinski definition) is 6. The third-order valence-electron chi connectivity index (χ3n) is 6.07. The molecule has 8 heteroatoms. The third-order valence-corrected chi connectivity index (χ3v) is 7.28. The Morgan fingerprint density at radius 2 is 1.84 bits per heavy atom. The molecule has 1 aromatic rings. The topological polar surface area (TPSA) is 96.5 Å². The summed E-state index contributed by atoms with van der Waals surface area (Å²) in [6, 6.07) is -0.961. The van der Waals surface area contributed by atoms with Crippen molar-refractivity contribution in [2.24, 2.45) is 11.3 Å². The monoisotopic (exact) mass is 463 g/mol. The maximum atomic E-state index is 13.1. The Morgan fingerprint density at radius 1 is 1.16 bits per heavy atom. The van der Waals surface area contributed by atoms with E-state index in [-0.39, 0.29) is 29.7 Å². The van der Waals surface area contributed by atoms with Crippen LogP contribution in [0.25, 0.3) is 0 Å². The molecular weight excluding hydrogens is 426 g/mol. The van der Waals surface area contributed by atoms with Crippen molar-refractivity contribution in [1.29, 1.82) is 0 Å². The standard InChI is InChI=1S/C24H37N3O4S/c1-5-31-22(29)19-16-8-6-7-9-18(16)32-21(19)27-23(30)26-20(15-10-12-25-13-11-15)17(28)14-24(2,3)4/h15,20,25H,5-14H2,1-4H3,(H2,26,27,30). The highest BCUT2D eigenvalue weighted by molar-refractivity contribution is 7.17. The van der Waals surface area contributed by atoms with E-state index in [0.29, 0.717) is 17.0 Å². The number of esters is 1. The molecule has 0 saturated carbocycles. The number of fused-ring (bicyclic) bond motifs is 1. The van der Waals surface area contributed by atoms with Crippen LogP contribution in [0.4, 0.5) is 9.80 Å². The van der Waals surface area contributed by atoms with Gasteiger partial charge >= 0.3 is 12.0 Å². The van der Waals surface area contributed by atoms with Gasteiger partial charge in [0.05, 0.1) is 18.2 Å². The third kappa shape index (κ3) is 6.32. The minimum absolute atomic E-state index is 0.0654. The van der Waals surface area contributed by atoms with Gasteiger partial charge in [0.1, 0.15) is 5.00 Å². The second-order valence-electron chi connectivity index (χ2n) is 10.0. The van der Waals surface area contributed by atoms with Crippen LogP contribution in [0.15, 0.2) is 0 Å². The van der Waals surface area contributed by atoms with Crippen LogP contribution in [0.5, 0.6) is 0 Å². The van der Waals surface area contributed by atoms with E-state index in [4.69, 9.17) is 4.74 Å². The van der Waals surface area contributed by atoms with Crippen molar-refractivity contribution < 1.29 is 19.1 Å². The molecule has 0 aromatic carbocycles. The molecule has 2 heterocycles. The Hall–Kier alpha value is -1.93. The molecule has 1 saturated heterocycles. The lowest BCUT2D eigenvalue weighted by Gasteiger charge is -2.32. The Kier molecular flexibility index (Phi) is 8.33. The molecule has 2 amide bonds. The van der Waals surface area contributed by atoms with Crippen molar-refractivity contribution in [3.63, 3.8) is 0 Å². The summed E-state index contributed by atoms with van der Waals surface area (Å²) in [5.41, 5.74) is 1.35. The van der Waals surface area contributed by atoms with Gasteiger partial charge in [-0.05, 0) is 75.4 Å². The molecule has 3 N–H and O–H groups in total. The largest absolute Gasteiger partial charge is 0.462 e. The number of carbonyl (C=O) groups is 3. The number of piperidine rings is 1. The van der Waals surface area contributed by atoms with Crippen LogP contribution in [0.1, 0.15) is 80.6 Å². The predicted octanol–water partition coefficient (Wildman–Crippen LogP) is 4.30. The van der Waals surface area contributed by atoms with Crippen LogP contribution in [-0.2, 0) is 22.4 Å². The van der Waals surface area contributed by atoms with Crippen molar-refractivity contribution >= 4 is 34.1 Å². The lowest BCUT2D eigenvalue weighted by atomic mass is 9.81. The van der Waals surface area contributed by atoms with Crippen molar-refractivity contribution in [3.8, 4) is 0 Å². The summed E-state index contributed by atoms with van der Waals surface area (Å²) in [4.78, 5) is 40.0. The molecule has 0 radical (unpaired) electrons. The highest BCUT2D eigenvalue weighted by Gasteiger charge is 2.34. The molecule has 7 nitrogen and oxygen atoms in total. The number of amides is 2. The van der Waals surface area contributed by atoms with Gasteiger partial charge in [0.2, 0.25) is 0 Å². The number of aryl methyl sites for hydroxylation is 1. The van der Waals surface area contributed by atoms with Gasteiger partial charge in [-0.15, -0.1) is 11.3 Å². The van der Waals surface area contributed by atoms with E-state index >= 15 is 0 Å². The zero-order chi connectivity index (χ0) is 23.3. The van der Waals surface area contributed by atoms with E-state index in [9.17, 15) is 14.4 Å². The maximum absolute atomic E-state index is 13.1. The van der Waals surface area contributed by atoms with Crippen molar-refractivity contribution in [2.75, 3.05) is 25.0 Å². The van der Waals surface area contributed by atoms with E-state index in [1.165, 1.54) is 11.3 Å². The van der Waals surface area contributed by atoms with Crippen LogP contribution in [0, 0.1) is 11.3 Å². The van der Waals surface area contributed by atoms with Crippen LogP contribution < -0.4 is 16.0 Å². The fraction of sp³-hybridized carbons (Fsp3) is 0.708. The first-order valence-electron chi connectivity index (χ1n) is 11.8. The number of anilines is 1. The molecule has 1 atom stereocenters. The van der Waals surface area contributed by atoms with Gasteiger partial charge in [-0.2, -0.15) is 0 Å². The molecule has 0 spiro atoms. The van der Waals surface area contributed by atoms with E-state index in [1.54, 1.807) is 6.92 Å².